The first kappa shape index (κ1) is 20.9. The van der Waals surface area contributed by atoms with Crippen molar-refractivity contribution in [2.24, 2.45) is 0 Å². The second-order valence-corrected chi connectivity index (χ2v) is 7.85. The molecule has 1 saturated heterocycles. The van der Waals surface area contributed by atoms with E-state index in [0.717, 1.165) is 32.7 Å². The number of piperazine rings is 1. The van der Waals surface area contributed by atoms with Crippen molar-refractivity contribution in [1.82, 2.24) is 14.5 Å². The van der Waals surface area contributed by atoms with Gasteiger partial charge in [-0.1, -0.05) is 18.2 Å². The minimum atomic E-state index is -0.404. The summed E-state index contributed by atoms with van der Waals surface area (Å²) in [7, 11) is 0. The van der Waals surface area contributed by atoms with Gasteiger partial charge in [0, 0.05) is 51.0 Å². The summed E-state index contributed by atoms with van der Waals surface area (Å²) in [6, 6.07) is 15.3. The van der Waals surface area contributed by atoms with Crippen molar-refractivity contribution in [3.63, 3.8) is 0 Å². The molecule has 1 aliphatic rings. The van der Waals surface area contributed by atoms with Crippen LogP contribution in [0.1, 0.15) is 13.3 Å². The number of benzene rings is 2. The number of aromatic nitrogens is 2. The molecule has 0 unspecified atom stereocenters. The number of para-hydroxylation sites is 1. The Bertz CT molecular complexity index is 1180. The van der Waals surface area contributed by atoms with Crippen LogP contribution in [0.4, 0.5) is 11.4 Å². The molecule has 1 fully saturated rings. The predicted molar refractivity (Wildman–Crippen MR) is 123 cm³/mol. The van der Waals surface area contributed by atoms with Crippen molar-refractivity contribution in [2.75, 3.05) is 42.9 Å². The second kappa shape index (κ2) is 9.18. The molecule has 0 radical (unpaired) electrons. The summed E-state index contributed by atoms with van der Waals surface area (Å²) in [5, 5.41) is 3.06. The van der Waals surface area contributed by atoms with E-state index in [2.05, 4.69) is 44.4 Å². The van der Waals surface area contributed by atoms with E-state index in [1.807, 2.05) is 6.07 Å². The highest BCUT2D eigenvalue weighted by Crippen LogP contribution is 2.16. The SMILES string of the molecule is CC(=O)Nc1ccc2[nH]c(=O)n(CCCN3CCN(c4ccccc4)CC3)c(=O)c2c1. The molecule has 0 bridgehead atoms. The van der Waals surface area contributed by atoms with Crippen LogP contribution in [0.2, 0.25) is 0 Å². The molecule has 3 aromatic rings. The van der Waals surface area contributed by atoms with Gasteiger partial charge in [-0.3, -0.25) is 19.1 Å². The molecule has 0 saturated carbocycles. The zero-order valence-electron chi connectivity index (χ0n) is 17.6. The lowest BCUT2D eigenvalue weighted by Gasteiger charge is -2.36. The van der Waals surface area contributed by atoms with E-state index < -0.39 is 5.69 Å². The van der Waals surface area contributed by atoms with Gasteiger partial charge < -0.3 is 15.2 Å². The Labute approximate surface area is 180 Å². The summed E-state index contributed by atoms with van der Waals surface area (Å²) in [4.78, 5) is 44.1. The average molecular weight is 422 g/mol. The van der Waals surface area contributed by atoms with Crippen LogP contribution in [0.25, 0.3) is 10.9 Å². The van der Waals surface area contributed by atoms with Crippen LogP contribution in [-0.4, -0.2) is 53.1 Å². The number of anilines is 2. The van der Waals surface area contributed by atoms with Gasteiger partial charge in [0.2, 0.25) is 5.91 Å². The van der Waals surface area contributed by atoms with E-state index in [0.29, 0.717) is 29.6 Å². The lowest BCUT2D eigenvalue weighted by Crippen LogP contribution is -2.47. The number of rotatable bonds is 6. The lowest BCUT2D eigenvalue weighted by molar-refractivity contribution is -0.114. The molecule has 31 heavy (non-hydrogen) atoms. The average Bonchev–Trinajstić information content (AvgIpc) is 2.77. The van der Waals surface area contributed by atoms with Crippen LogP contribution in [0.3, 0.4) is 0 Å². The van der Waals surface area contributed by atoms with E-state index in [1.54, 1.807) is 18.2 Å². The monoisotopic (exact) mass is 421 g/mol. The van der Waals surface area contributed by atoms with Gasteiger partial charge in [0.1, 0.15) is 0 Å². The van der Waals surface area contributed by atoms with Crippen LogP contribution in [-0.2, 0) is 11.3 Å². The molecular formula is C23H27N5O3. The number of nitrogens with one attached hydrogen (secondary N) is 2. The van der Waals surface area contributed by atoms with Crippen molar-refractivity contribution in [1.29, 1.82) is 0 Å². The van der Waals surface area contributed by atoms with Crippen LogP contribution in [0, 0.1) is 0 Å². The van der Waals surface area contributed by atoms with Gasteiger partial charge >= 0.3 is 5.69 Å². The van der Waals surface area contributed by atoms with E-state index in [-0.39, 0.29) is 11.5 Å². The van der Waals surface area contributed by atoms with E-state index in [4.69, 9.17) is 0 Å². The molecule has 1 aromatic heterocycles. The van der Waals surface area contributed by atoms with Crippen molar-refractivity contribution < 1.29 is 4.79 Å². The van der Waals surface area contributed by atoms with Crippen LogP contribution < -0.4 is 21.5 Å². The summed E-state index contributed by atoms with van der Waals surface area (Å²) in [5.41, 5.74) is 1.51. The highest BCUT2D eigenvalue weighted by Gasteiger charge is 2.17. The van der Waals surface area contributed by atoms with Gasteiger partial charge in [-0.2, -0.15) is 0 Å². The quantitative estimate of drug-likeness (QED) is 0.634. The van der Waals surface area contributed by atoms with Gasteiger partial charge in [0.15, 0.2) is 0 Å². The molecule has 2 N–H and O–H groups in total. The maximum absolute atomic E-state index is 12.9. The van der Waals surface area contributed by atoms with Gasteiger partial charge in [-0.25, -0.2) is 4.79 Å². The van der Waals surface area contributed by atoms with Crippen molar-refractivity contribution in [3.8, 4) is 0 Å². The molecule has 4 rings (SSSR count). The van der Waals surface area contributed by atoms with Crippen molar-refractivity contribution in [2.45, 2.75) is 19.9 Å². The van der Waals surface area contributed by atoms with Gasteiger partial charge in [0.05, 0.1) is 10.9 Å². The predicted octanol–water partition coefficient (Wildman–Crippen LogP) is 1.86. The zero-order chi connectivity index (χ0) is 21.8. The fraction of sp³-hybridized carbons (Fsp3) is 0.348. The first-order valence-electron chi connectivity index (χ1n) is 10.6. The number of carbonyl (C=O) groups excluding carboxylic acids is 1. The number of amides is 1. The first-order valence-corrected chi connectivity index (χ1v) is 10.6. The second-order valence-electron chi connectivity index (χ2n) is 7.85. The highest BCUT2D eigenvalue weighted by molar-refractivity contribution is 5.91. The maximum Gasteiger partial charge on any atom is 0.328 e. The normalized spacial score (nSPS) is 14.7. The molecule has 8 heteroatoms. The number of fused-ring (bicyclic) bond motifs is 1. The number of hydrogen-bond acceptors (Lipinski definition) is 5. The molecule has 8 nitrogen and oxygen atoms in total. The number of H-pyrrole nitrogens is 1. The molecule has 162 valence electrons. The van der Waals surface area contributed by atoms with Crippen LogP contribution in [0.15, 0.2) is 58.1 Å². The summed E-state index contributed by atoms with van der Waals surface area (Å²) < 4.78 is 1.25. The Morgan fingerprint density at radius 2 is 1.74 bits per heavy atom. The lowest BCUT2D eigenvalue weighted by atomic mass is 10.2. The summed E-state index contributed by atoms with van der Waals surface area (Å²) in [5.74, 6) is -0.212. The van der Waals surface area contributed by atoms with Crippen LogP contribution >= 0.6 is 0 Å². The molecule has 0 aliphatic carbocycles. The number of aromatic amines is 1. The Hall–Kier alpha value is -3.39. The standard InChI is InChI=1S/C23H27N5O3/c1-17(29)24-18-8-9-21-20(16-18)22(30)28(23(31)25-21)11-5-10-26-12-14-27(15-13-26)19-6-3-2-4-7-19/h2-4,6-9,16H,5,10-15H2,1H3,(H,24,29)(H,25,31). The topological polar surface area (TPSA) is 90.4 Å². The van der Waals surface area contributed by atoms with Crippen LogP contribution in [0.5, 0.6) is 0 Å². The molecule has 1 aliphatic heterocycles. The fourth-order valence-electron chi connectivity index (χ4n) is 4.06. The minimum Gasteiger partial charge on any atom is -0.369 e. The van der Waals surface area contributed by atoms with Crippen molar-refractivity contribution >= 4 is 28.2 Å². The number of carbonyl (C=O) groups is 1. The van der Waals surface area contributed by atoms with Gasteiger partial charge in [-0.15, -0.1) is 0 Å². The molecule has 0 atom stereocenters. The molecule has 2 heterocycles. The van der Waals surface area contributed by atoms with Gasteiger partial charge in [-0.05, 0) is 43.3 Å². The first-order chi connectivity index (χ1) is 15.0. The largest absolute Gasteiger partial charge is 0.369 e. The minimum absolute atomic E-state index is 0.212. The Kier molecular flexibility index (Phi) is 6.18. The Morgan fingerprint density at radius 3 is 2.45 bits per heavy atom. The molecule has 1 amide bonds. The highest BCUT2D eigenvalue weighted by atomic mass is 16.2. The maximum atomic E-state index is 12.9. The fourth-order valence-corrected chi connectivity index (χ4v) is 4.06. The number of nitrogens with zero attached hydrogens (tertiary/aromatic N) is 3. The third-order valence-corrected chi connectivity index (χ3v) is 5.65. The Balaban J connectivity index is 1.38. The van der Waals surface area contributed by atoms with Crippen molar-refractivity contribution in [3.05, 3.63) is 69.4 Å². The third-order valence-electron chi connectivity index (χ3n) is 5.65. The smallest absolute Gasteiger partial charge is 0.328 e. The van der Waals surface area contributed by atoms with E-state index >= 15 is 0 Å². The molecule has 0 spiro atoms. The summed E-state index contributed by atoms with van der Waals surface area (Å²) >= 11 is 0. The third kappa shape index (κ3) is 4.86. The summed E-state index contributed by atoms with van der Waals surface area (Å²) in [6.45, 7) is 6.44. The van der Waals surface area contributed by atoms with E-state index in [1.165, 1.54) is 17.2 Å². The summed E-state index contributed by atoms with van der Waals surface area (Å²) in [6.07, 6.45) is 0.714. The molecular weight excluding hydrogens is 394 g/mol. The molecule has 2 aromatic carbocycles. The Morgan fingerprint density at radius 1 is 1.00 bits per heavy atom. The van der Waals surface area contributed by atoms with E-state index in [9.17, 15) is 14.4 Å². The number of hydrogen-bond donors (Lipinski definition) is 2. The van der Waals surface area contributed by atoms with Gasteiger partial charge in [0.25, 0.3) is 5.56 Å². The zero-order valence-corrected chi connectivity index (χ0v) is 17.6.